The average Bonchev–Trinajstić information content (AvgIpc) is 3.46. The van der Waals surface area contributed by atoms with Crippen molar-refractivity contribution in [3.8, 4) is 28.3 Å². The number of nitrogens with zero attached hydrogens (tertiary/aromatic N) is 6. The van der Waals surface area contributed by atoms with E-state index in [1.165, 1.54) is 0 Å². The number of aromatic nitrogens is 5. The van der Waals surface area contributed by atoms with E-state index in [-0.39, 0.29) is 23.9 Å². The highest BCUT2D eigenvalue weighted by Crippen LogP contribution is 2.39. The molecule has 8 nitrogen and oxygen atoms in total. The molecule has 1 aliphatic carbocycles. The fourth-order valence-corrected chi connectivity index (χ4v) is 5.24. The standard InChI is InChI=1S/C23H26FN7O/c1-30-12-14(10-26-30)13-2-5-18(21(32)6-13)23-25-11-22(28-29-23)31(16-3-4-16)17-7-15-8-19(24)20(9-17)27-15/h2,5-6,10-12,15-17,19-20,27,32H,3-4,7-9H2,1H3/t15-,17-,19+,20+/m1/s1. The molecule has 1 saturated carbocycles. The van der Waals surface area contributed by atoms with Gasteiger partial charge in [0.1, 0.15) is 11.9 Å². The fraction of sp³-hybridized carbons (Fsp3) is 0.478. The highest BCUT2D eigenvalue weighted by atomic mass is 19.1. The van der Waals surface area contributed by atoms with Gasteiger partial charge in [0, 0.05) is 43.0 Å². The Morgan fingerprint density at radius 2 is 1.97 bits per heavy atom. The van der Waals surface area contributed by atoms with E-state index in [0.717, 1.165) is 42.6 Å². The maximum Gasteiger partial charge on any atom is 0.185 e. The SMILES string of the molecule is Cn1cc(-c2ccc(-c3ncc(N(C4CC4)[C@@H]4C[C@@H]5C[C@H](F)[C@H](C4)N5)nn3)c(O)c2)cn1. The van der Waals surface area contributed by atoms with Crippen molar-refractivity contribution in [1.29, 1.82) is 0 Å². The summed E-state index contributed by atoms with van der Waals surface area (Å²) in [7, 11) is 1.86. The molecule has 2 bridgehead atoms. The van der Waals surface area contributed by atoms with Gasteiger partial charge in [-0.3, -0.25) is 4.68 Å². The summed E-state index contributed by atoms with van der Waals surface area (Å²) in [4.78, 5) is 6.84. The number of benzene rings is 1. The third kappa shape index (κ3) is 3.50. The summed E-state index contributed by atoms with van der Waals surface area (Å²) in [6, 6.07) is 6.29. The molecule has 3 aliphatic rings. The lowest BCUT2D eigenvalue weighted by atomic mass is 9.98. The van der Waals surface area contributed by atoms with E-state index in [1.807, 2.05) is 19.3 Å². The molecule has 2 N–H and O–H groups in total. The number of aromatic hydroxyl groups is 1. The highest BCUT2D eigenvalue weighted by molar-refractivity contribution is 5.72. The summed E-state index contributed by atoms with van der Waals surface area (Å²) in [5.41, 5.74) is 2.33. The van der Waals surface area contributed by atoms with Crippen molar-refractivity contribution in [2.45, 2.75) is 62.4 Å². The summed E-state index contributed by atoms with van der Waals surface area (Å²) in [5.74, 6) is 1.22. The molecule has 4 heterocycles. The zero-order valence-electron chi connectivity index (χ0n) is 17.9. The van der Waals surface area contributed by atoms with Crippen LogP contribution in [-0.4, -0.2) is 60.4 Å². The van der Waals surface area contributed by atoms with Gasteiger partial charge in [-0.15, -0.1) is 10.2 Å². The second-order valence-electron chi connectivity index (χ2n) is 9.26. The minimum atomic E-state index is -0.754. The molecular weight excluding hydrogens is 409 g/mol. The summed E-state index contributed by atoms with van der Waals surface area (Å²) < 4.78 is 15.9. The number of hydrogen-bond acceptors (Lipinski definition) is 7. The Morgan fingerprint density at radius 3 is 2.62 bits per heavy atom. The Kier molecular flexibility index (Phi) is 4.60. The van der Waals surface area contributed by atoms with E-state index in [2.05, 4.69) is 30.5 Å². The average molecular weight is 436 g/mol. The first kappa shape index (κ1) is 19.6. The molecular formula is C23H26FN7O. The second kappa shape index (κ2) is 7.51. The fourth-order valence-electron chi connectivity index (χ4n) is 5.24. The molecule has 166 valence electrons. The molecule has 3 fully saturated rings. The number of rotatable bonds is 5. The van der Waals surface area contributed by atoms with Gasteiger partial charge in [0.05, 0.1) is 18.0 Å². The molecule has 0 amide bonds. The van der Waals surface area contributed by atoms with E-state index >= 15 is 0 Å². The summed E-state index contributed by atoms with van der Waals surface area (Å²) in [6.07, 6.45) is 9.20. The monoisotopic (exact) mass is 435 g/mol. The van der Waals surface area contributed by atoms with Gasteiger partial charge < -0.3 is 15.3 Å². The van der Waals surface area contributed by atoms with Crippen molar-refractivity contribution >= 4 is 5.82 Å². The lowest BCUT2D eigenvalue weighted by Crippen LogP contribution is -2.50. The number of alkyl halides is 1. The molecule has 2 saturated heterocycles. The van der Waals surface area contributed by atoms with Crippen LogP contribution in [0.2, 0.25) is 0 Å². The van der Waals surface area contributed by atoms with Gasteiger partial charge in [-0.25, -0.2) is 9.37 Å². The Labute approximate surface area is 185 Å². The van der Waals surface area contributed by atoms with Crippen molar-refractivity contribution in [2.75, 3.05) is 4.90 Å². The molecule has 32 heavy (non-hydrogen) atoms. The van der Waals surface area contributed by atoms with Crippen LogP contribution in [-0.2, 0) is 7.05 Å². The first-order valence-corrected chi connectivity index (χ1v) is 11.3. The third-order valence-electron chi connectivity index (χ3n) is 6.90. The number of anilines is 1. The van der Waals surface area contributed by atoms with Gasteiger partial charge in [-0.2, -0.15) is 5.10 Å². The number of aryl methyl sites for hydroxylation is 1. The van der Waals surface area contributed by atoms with Crippen LogP contribution in [0.25, 0.3) is 22.5 Å². The molecule has 0 radical (unpaired) electrons. The molecule has 9 heteroatoms. The number of nitrogens with one attached hydrogen (secondary N) is 1. The second-order valence-corrected chi connectivity index (χ2v) is 9.26. The Bertz CT molecular complexity index is 1130. The molecule has 1 aromatic carbocycles. The maximum atomic E-state index is 14.2. The van der Waals surface area contributed by atoms with Crippen LogP contribution in [0.1, 0.15) is 32.1 Å². The topological polar surface area (TPSA) is 92.0 Å². The van der Waals surface area contributed by atoms with Crippen LogP contribution in [0.4, 0.5) is 10.2 Å². The maximum absolute atomic E-state index is 14.2. The number of phenols is 1. The first-order valence-electron chi connectivity index (χ1n) is 11.3. The van der Waals surface area contributed by atoms with Crippen LogP contribution in [0, 0.1) is 0 Å². The summed E-state index contributed by atoms with van der Waals surface area (Å²) >= 11 is 0. The number of hydrogen-bond donors (Lipinski definition) is 2. The van der Waals surface area contributed by atoms with Gasteiger partial charge in [-0.05, 0) is 49.8 Å². The number of piperidine rings is 1. The molecule has 4 atom stereocenters. The lowest BCUT2D eigenvalue weighted by Gasteiger charge is -2.38. The van der Waals surface area contributed by atoms with E-state index < -0.39 is 6.17 Å². The van der Waals surface area contributed by atoms with Gasteiger partial charge >= 0.3 is 0 Å². The predicted octanol–water partition coefficient (Wildman–Crippen LogP) is 2.84. The minimum Gasteiger partial charge on any atom is -0.507 e. The van der Waals surface area contributed by atoms with Gasteiger partial charge in [0.2, 0.25) is 0 Å². The Morgan fingerprint density at radius 1 is 1.09 bits per heavy atom. The van der Waals surface area contributed by atoms with Gasteiger partial charge in [-0.1, -0.05) is 6.07 Å². The summed E-state index contributed by atoms with van der Waals surface area (Å²) in [5, 5.41) is 27.0. The first-order chi connectivity index (χ1) is 15.5. The van der Waals surface area contributed by atoms with Crippen LogP contribution in [0.3, 0.4) is 0 Å². The Balaban J connectivity index is 1.25. The van der Waals surface area contributed by atoms with Gasteiger partial charge in [0.25, 0.3) is 0 Å². The number of fused-ring (bicyclic) bond motifs is 2. The quantitative estimate of drug-likeness (QED) is 0.637. The Hall–Kier alpha value is -3.07. The zero-order chi connectivity index (χ0) is 21.8. The molecule has 0 unspecified atom stereocenters. The van der Waals surface area contributed by atoms with E-state index in [9.17, 15) is 9.50 Å². The normalized spacial score (nSPS) is 26.9. The van der Waals surface area contributed by atoms with E-state index in [1.54, 1.807) is 29.2 Å². The van der Waals surface area contributed by atoms with Crippen molar-refractivity contribution < 1.29 is 9.50 Å². The van der Waals surface area contributed by atoms with Crippen molar-refractivity contribution in [1.82, 2.24) is 30.3 Å². The number of phenolic OH excluding ortho intramolecular Hbond substituents is 1. The van der Waals surface area contributed by atoms with Crippen molar-refractivity contribution in [3.63, 3.8) is 0 Å². The number of halogens is 1. The van der Waals surface area contributed by atoms with Crippen LogP contribution in [0.5, 0.6) is 5.75 Å². The van der Waals surface area contributed by atoms with Crippen LogP contribution >= 0.6 is 0 Å². The largest absolute Gasteiger partial charge is 0.507 e. The highest BCUT2D eigenvalue weighted by Gasteiger charge is 2.45. The predicted molar refractivity (Wildman–Crippen MR) is 118 cm³/mol. The van der Waals surface area contributed by atoms with Crippen molar-refractivity contribution in [3.05, 3.63) is 36.8 Å². The van der Waals surface area contributed by atoms with Gasteiger partial charge in [0.15, 0.2) is 11.6 Å². The van der Waals surface area contributed by atoms with E-state index in [4.69, 9.17) is 0 Å². The minimum absolute atomic E-state index is 0.0598. The molecule has 2 aromatic heterocycles. The molecule has 0 spiro atoms. The smallest absolute Gasteiger partial charge is 0.185 e. The zero-order valence-corrected chi connectivity index (χ0v) is 17.9. The van der Waals surface area contributed by atoms with Crippen molar-refractivity contribution in [2.24, 2.45) is 7.05 Å². The van der Waals surface area contributed by atoms with E-state index in [0.29, 0.717) is 23.9 Å². The molecule has 3 aromatic rings. The molecule has 2 aliphatic heterocycles. The molecule has 6 rings (SSSR count). The van der Waals surface area contributed by atoms with Crippen LogP contribution in [0.15, 0.2) is 36.8 Å². The third-order valence-corrected chi connectivity index (χ3v) is 6.90. The summed E-state index contributed by atoms with van der Waals surface area (Å²) in [6.45, 7) is 0. The lowest BCUT2D eigenvalue weighted by molar-refractivity contribution is 0.271. The van der Waals surface area contributed by atoms with Crippen LogP contribution < -0.4 is 10.2 Å².